The Kier molecular flexibility index (Phi) is 8.32. The lowest BCUT2D eigenvalue weighted by atomic mass is 9.84. The van der Waals surface area contributed by atoms with Crippen molar-refractivity contribution in [2.24, 2.45) is 11.8 Å². The number of carbonyl (C=O) groups is 3. The number of nitrogens with zero attached hydrogens (tertiary/aromatic N) is 2. The SMILES string of the molecule is CCC[C@H](CC(=O)O[C@H](C(=O)N1CCOCC1)C1CCCCC1)C(=O)c1nc2ccccc2o1. The summed E-state index contributed by atoms with van der Waals surface area (Å²) < 4.78 is 16.9. The van der Waals surface area contributed by atoms with Crippen LogP contribution in [0.25, 0.3) is 11.1 Å². The molecule has 8 heteroatoms. The molecule has 0 bridgehead atoms. The van der Waals surface area contributed by atoms with Gasteiger partial charge in [-0.15, -0.1) is 0 Å². The highest BCUT2D eigenvalue weighted by Crippen LogP contribution is 2.30. The van der Waals surface area contributed by atoms with E-state index < -0.39 is 18.0 Å². The molecule has 1 aliphatic carbocycles. The Morgan fingerprint density at radius 1 is 1.12 bits per heavy atom. The Morgan fingerprint density at radius 2 is 1.85 bits per heavy atom. The lowest BCUT2D eigenvalue weighted by Gasteiger charge is -2.35. The van der Waals surface area contributed by atoms with Crippen molar-refractivity contribution in [1.82, 2.24) is 9.88 Å². The number of morpholine rings is 1. The highest BCUT2D eigenvalue weighted by molar-refractivity contribution is 5.97. The molecule has 2 heterocycles. The highest BCUT2D eigenvalue weighted by Gasteiger charge is 2.37. The van der Waals surface area contributed by atoms with Gasteiger partial charge in [-0.3, -0.25) is 14.4 Å². The normalized spacial score (nSPS) is 19.0. The molecule has 0 N–H and O–H groups in total. The van der Waals surface area contributed by atoms with Crippen LogP contribution in [0.4, 0.5) is 0 Å². The summed E-state index contributed by atoms with van der Waals surface area (Å²) in [6.45, 7) is 3.97. The number of oxazole rings is 1. The fourth-order valence-corrected chi connectivity index (χ4v) is 4.97. The third-order valence-electron chi connectivity index (χ3n) is 6.83. The molecule has 1 amide bonds. The smallest absolute Gasteiger partial charge is 0.307 e. The van der Waals surface area contributed by atoms with E-state index in [1.54, 1.807) is 17.0 Å². The maximum atomic E-state index is 13.3. The van der Waals surface area contributed by atoms with Gasteiger partial charge < -0.3 is 18.8 Å². The Bertz CT molecular complexity index is 957. The quantitative estimate of drug-likeness (QED) is 0.401. The summed E-state index contributed by atoms with van der Waals surface area (Å²) in [6, 6.07) is 7.19. The topological polar surface area (TPSA) is 98.9 Å². The van der Waals surface area contributed by atoms with Gasteiger partial charge in [-0.2, -0.15) is 0 Å². The van der Waals surface area contributed by atoms with E-state index >= 15 is 0 Å². The zero-order chi connectivity index (χ0) is 23.9. The van der Waals surface area contributed by atoms with E-state index in [-0.39, 0.29) is 29.9 Å². The molecule has 2 atom stereocenters. The van der Waals surface area contributed by atoms with Crippen LogP contribution in [0.15, 0.2) is 28.7 Å². The van der Waals surface area contributed by atoms with E-state index in [0.29, 0.717) is 43.8 Å². The van der Waals surface area contributed by atoms with Crippen molar-refractivity contribution in [3.8, 4) is 0 Å². The highest BCUT2D eigenvalue weighted by atomic mass is 16.5. The molecule has 2 fully saturated rings. The Labute approximate surface area is 200 Å². The number of aromatic nitrogens is 1. The average molecular weight is 471 g/mol. The van der Waals surface area contributed by atoms with Gasteiger partial charge in [0.1, 0.15) is 5.52 Å². The van der Waals surface area contributed by atoms with E-state index in [0.717, 1.165) is 38.5 Å². The molecular formula is C26H34N2O6. The second kappa shape index (κ2) is 11.6. The number of para-hydroxylation sites is 2. The van der Waals surface area contributed by atoms with Gasteiger partial charge in [0.25, 0.3) is 11.8 Å². The monoisotopic (exact) mass is 470 g/mol. The maximum Gasteiger partial charge on any atom is 0.307 e. The molecule has 1 saturated carbocycles. The number of Topliss-reactive ketones (excluding diaryl/α,β-unsaturated/α-hetero) is 1. The fraction of sp³-hybridized carbons (Fsp3) is 0.615. The first-order valence-corrected chi connectivity index (χ1v) is 12.5. The number of esters is 1. The van der Waals surface area contributed by atoms with Gasteiger partial charge >= 0.3 is 5.97 Å². The Balaban J connectivity index is 1.46. The van der Waals surface area contributed by atoms with Crippen LogP contribution < -0.4 is 0 Å². The minimum absolute atomic E-state index is 0.0145. The van der Waals surface area contributed by atoms with Gasteiger partial charge in [-0.1, -0.05) is 44.7 Å². The van der Waals surface area contributed by atoms with Crippen molar-refractivity contribution in [3.63, 3.8) is 0 Å². The third kappa shape index (κ3) is 5.84. The summed E-state index contributed by atoms with van der Waals surface area (Å²) in [5.74, 6) is -1.52. The van der Waals surface area contributed by atoms with Gasteiger partial charge in [0, 0.05) is 24.9 Å². The Morgan fingerprint density at radius 3 is 2.56 bits per heavy atom. The van der Waals surface area contributed by atoms with E-state index in [4.69, 9.17) is 13.9 Å². The van der Waals surface area contributed by atoms with Crippen LogP contribution in [0.2, 0.25) is 0 Å². The number of hydrogen-bond donors (Lipinski definition) is 0. The first-order chi connectivity index (χ1) is 16.6. The molecule has 34 heavy (non-hydrogen) atoms. The summed E-state index contributed by atoms with van der Waals surface area (Å²) in [4.78, 5) is 45.6. The molecule has 0 radical (unpaired) electrons. The number of rotatable bonds is 9. The minimum Gasteiger partial charge on any atom is -0.452 e. The van der Waals surface area contributed by atoms with E-state index in [1.165, 1.54) is 0 Å². The number of ether oxygens (including phenoxy) is 2. The van der Waals surface area contributed by atoms with Crippen LogP contribution >= 0.6 is 0 Å². The van der Waals surface area contributed by atoms with Crippen molar-refractivity contribution in [2.75, 3.05) is 26.3 Å². The average Bonchev–Trinajstić information content (AvgIpc) is 3.32. The van der Waals surface area contributed by atoms with Crippen molar-refractivity contribution in [3.05, 3.63) is 30.2 Å². The molecule has 2 aromatic rings. The number of hydrogen-bond acceptors (Lipinski definition) is 7. The number of amides is 1. The number of fused-ring (bicyclic) bond motifs is 1. The second-order valence-corrected chi connectivity index (χ2v) is 9.29. The van der Waals surface area contributed by atoms with Gasteiger partial charge in [0.15, 0.2) is 11.7 Å². The molecule has 4 rings (SSSR count). The molecule has 1 saturated heterocycles. The van der Waals surface area contributed by atoms with Crippen molar-refractivity contribution in [1.29, 1.82) is 0 Å². The van der Waals surface area contributed by atoms with Crippen LogP contribution in [0, 0.1) is 11.8 Å². The molecule has 1 aromatic carbocycles. The fourth-order valence-electron chi connectivity index (χ4n) is 4.97. The van der Waals surface area contributed by atoms with Crippen LogP contribution in [-0.4, -0.2) is 60.0 Å². The summed E-state index contributed by atoms with van der Waals surface area (Å²) in [7, 11) is 0. The molecule has 184 valence electrons. The molecule has 8 nitrogen and oxygen atoms in total. The zero-order valence-electron chi connectivity index (χ0n) is 19.9. The Hall–Kier alpha value is -2.74. The van der Waals surface area contributed by atoms with Gasteiger partial charge in [-0.25, -0.2) is 4.98 Å². The maximum absolute atomic E-state index is 13.3. The van der Waals surface area contributed by atoms with E-state index in [1.807, 2.05) is 19.1 Å². The van der Waals surface area contributed by atoms with Crippen molar-refractivity contribution in [2.45, 2.75) is 64.4 Å². The molecule has 2 aliphatic rings. The third-order valence-corrected chi connectivity index (χ3v) is 6.83. The zero-order valence-corrected chi connectivity index (χ0v) is 19.9. The van der Waals surface area contributed by atoms with Gasteiger partial charge in [0.2, 0.25) is 5.78 Å². The number of ketones is 1. The first kappa shape index (κ1) is 24.4. The first-order valence-electron chi connectivity index (χ1n) is 12.5. The number of carbonyl (C=O) groups excluding carboxylic acids is 3. The van der Waals surface area contributed by atoms with Gasteiger partial charge in [-0.05, 0) is 31.4 Å². The van der Waals surface area contributed by atoms with E-state index in [2.05, 4.69) is 4.98 Å². The standard InChI is InChI=1S/C26H34N2O6/c1-2-8-19(23(30)25-27-20-11-6-7-12-21(20)33-25)17-22(29)34-24(18-9-4-3-5-10-18)26(31)28-13-15-32-16-14-28/h6-7,11-12,18-19,24H,2-5,8-10,13-17H2,1H3/t19-,24+/m1/s1. The number of benzene rings is 1. The second-order valence-electron chi connectivity index (χ2n) is 9.29. The van der Waals surface area contributed by atoms with Crippen LogP contribution in [0.3, 0.4) is 0 Å². The summed E-state index contributed by atoms with van der Waals surface area (Å²) in [6.07, 6.45) is 5.29. The van der Waals surface area contributed by atoms with Crippen LogP contribution in [-0.2, 0) is 19.1 Å². The summed E-state index contributed by atoms with van der Waals surface area (Å²) >= 11 is 0. The van der Waals surface area contributed by atoms with Crippen LogP contribution in [0.1, 0.15) is 69.0 Å². The lowest BCUT2D eigenvalue weighted by molar-refractivity contribution is -0.167. The molecule has 0 unspecified atom stereocenters. The molecular weight excluding hydrogens is 436 g/mol. The van der Waals surface area contributed by atoms with E-state index in [9.17, 15) is 14.4 Å². The van der Waals surface area contributed by atoms with Crippen molar-refractivity contribution >= 4 is 28.8 Å². The summed E-state index contributed by atoms with van der Waals surface area (Å²) in [5, 5.41) is 0. The van der Waals surface area contributed by atoms with Crippen molar-refractivity contribution < 1.29 is 28.3 Å². The molecule has 1 aromatic heterocycles. The predicted molar refractivity (Wildman–Crippen MR) is 125 cm³/mol. The molecule has 0 spiro atoms. The largest absolute Gasteiger partial charge is 0.452 e. The van der Waals surface area contributed by atoms with Crippen LogP contribution in [0.5, 0.6) is 0 Å². The predicted octanol–water partition coefficient (Wildman–Crippen LogP) is 4.17. The minimum atomic E-state index is -0.799. The lowest BCUT2D eigenvalue weighted by Crippen LogP contribution is -2.49. The molecule has 1 aliphatic heterocycles. The van der Waals surface area contributed by atoms with Gasteiger partial charge in [0.05, 0.1) is 19.6 Å². The summed E-state index contributed by atoms with van der Waals surface area (Å²) in [5.41, 5.74) is 1.15.